The van der Waals surface area contributed by atoms with Gasteiger partial charge < -0.3 is 13.7 Å². The number of oxazole rings is 1. The molecular formula is C20H23N3O2S. The Morgan fingerprint density at radius 1 is 1.31 bits per heavy atom. The average molecular weight is 369 g/mol. The van der Waals surface area contributed by atoms with Gasteiger partial charge in [-0.2, -0.15) is 0 Å². The summed E-state index contributed by atoms with van der Waals surface area (Å²) in [6.45, 7) is 6.14. The number of aromatic nitrogens is 2. The van der Waals surface area contributed by atoms with E-state index in [-0.39, 0.29) is 5.56 Å². The molecule has 0 radical (unpaired) electrons. The summed E-state index contributed by atoms with van der Waals surface area (Å²) in [5.41, 5.74) is 5.32. The summed E-state index contributed by atoms with van der Waals surface area (Å²) in [7, 11) is 1.78. The minimum atomic E-state index is 0.0193. The highest BCUT2D eigenvalue weighted by Crippen LogP contribution is 2.42. The third-order valence-electron chi connectivity index (χ3n) is 4.52. The number of rotatable bonds is 5. The molecule has 4 rings (SSSR count). The van der Waals surface area contributed by atoms with Crippen LogP contribution in [0.5, 0.6) is 0 Å². The zero-order chi connectivity index (χ0) is 18.4. The smallest absolute Gasteiger partial charge is 0.253 e. The van der Waals surface area contributed by atoms with Crippen molar-refractivity contribution in [3.8, 4) is 11.1 Å². The third kappa shape index (κ3) is 3.26. The van der Waals surface area contributed by atoms with Crippen molar-refractivity contribution in [1.29, 1.82) is 0 Å². The van der Waals surface area contributed by atoms with Crippen LogP contribution in [0, 0.1) is 6.92 Å². The van der Waals surface area contributed by atoms with Crippen LogP contribution < -0.4 is 10.3 Å². The van der Waals surface area contributed by atoms with E-state index in [1.807, 2.05) is 25.3 Å². The number of benzene rings is 1. The van der Waals surface area contributed by atoms with Crippen LogP contribution in [0.15, 0.2) is 33.6 Å². The molecule has 6 heteroatoms. The molecule has 0 aliphatic heterocycles. The fraction of sp³-hybridized carbons (Fsp3) is 0.400. The van der Waals surface area contributed by atoms with Crippen molar-refractivity contribution in [2.24, 2.45) is 7.05 Å². The van der Waals surface area contributed by atoms with E-state index in [2.05, 4.69) is 24.6 Å². The molecule has 0 spiro atoms. The van der Waals surface area contributed by atoms with Gasteiger partial charge in [-0.05, 0) is 49.9 Å². The maximum absolute atomic E-state index is 12.1. The van der Waals surface area contributed by atoms with Gasteiger partial charge in [0.15, 0.2) is 11.5 Å². The standard InChI is InChI=1S/C20H23N3O2S/c1-11(2)26-22-15-8-16(14-7-12(3)20(24)23(4)10-14)18-17(9-15)21-19(25-18)13-5-6-13/h7-11,13,22H,5-6H2,1-4H3. The van der Waals surface area contributed by atoms with Gasteiger partial charge in [0.05, 0.1) is 0 Å². The van der Waals surface area contributed by atoms with Gasteiger partial charge in [-0.25, -0.2) is 4.98 Å². The van der Waals surface area contributed by atoms with Gasteiger partial charge in [0.25, 0.3) is 5.56 Å². The van der Waals surface area contributed by atoms with Crippen molar-refractivity contribution in [3.05, 3.63) is 46.2 Å². The highest BCUT2D eigenvalue weighted by Gasteiger charge is 2.29. The molecule has 3 aromatic rings. The number of anilines is 1. The molecule has 5 nitrogen and oxygen atoms in total. The second kappa shape index (κ2) is 6.50. The van der Waals surface area contributed by atoms with Crippen LogP contribution in [-0.4, -0.2) is 14.8 Å². The molecule has 0 saturated heterocycles. The summed E-state index contributed by atoms with van der Waals surface area (Å²) in [4.78, 5) is 16.8. The predicted octanol–water partition coefficient (Wildman–Crippen LogP) is 4.85. The van der Waals surface area contributed by atoms with E-state index in [0.29, 0.717) is 11.2 Å². The molecule has 2 aromatic heterocycles. The van der Waals surface area contributed by atoms with Crippen LogP contribution in [0.2, 0.25) is 0 Å². The lowest BCUT2D eigenvalue weighted by molar-refractivity contribution is 0.534. The van der Waals surface area contributed by atoms with Crippen molar-refractivity contribution >= 4 is 28.7 Å². The van der Waals surface area contributed by atoms with Gasteiger partial charge in [-0.15, -0.1) is 0 Å². The molecule has 1 N–H and O–H groups in total. The normalized spacial score (nSPS) is 14.3. The van der Waals surface area contributed by atoms with E-state index in [9.17, 15) is 4.79 Å². The number of fused-ring (bicyclic) bond motifs is 1. The van der Waals surface area contributed by atoms with Crippen LogP contribution >= 0.6 is 11.9 Å². The summed E-state index contributed by atoms with van der Waals surface area (Å²) in [5, 5.41) is 0.466. The summed E-state index contributed by atoms with van der Waals surface area (Å²) in [6, 6.07) is 6.05. The number of hydrogen-bond donors (Lipinski definition) is 1. The van der Waals surface area contributed by atoms with Gasteiger partial charge in [0.1, 0.15) is 5.52 Å². The fourth-order valence-electron chi connectivity index (χ4n) is 3.04. The summed E-state index contributed by atoms with van der Waals surface area (Å²) >= 11 is 1.67. The van der Waals surface area contributed by atoms with E-state index in [1.54, 1.807) is 23.6 Å². The second-order valence-corrected chi connectivity index (χ2v) is 8.68. The third-order valence-corrected chi connectivity index (χ3v) is 5.34. The van der Waals surface area contributed by atoms with E-state index in [1.165, 1.54) is 0 Å². The number of nitrogens with zero attached hydrogens (tertiary/aromatic N) is 2. The van der Waals surface area contributed by atoms with Crippen LogP contribution in [0.3, 0.4) is 0 Å². The van der Waals surface area contributed by atoms with Gasteiger partial charge in [0, 0.05) is 46.8 Å². The monoisotopic (exact) mass is 369 g/mol. The fourth-order valence-corrected chi connectivity index (χ4v) is 3.53. The Morgan fingerprint density at radius 2 is 2.08 bits per heavy atom. The zero-order valence-electron chi connectivity index (χ0n) is 15.5. The lowest BCUT2D eigenvalue weighted by Crippen LogP contribution is -2.18. The predicted molar refractivity (Wildman–Crippen MR) is 108 cm³/mol. The molecule has 1 aliphatic carbocycles. The topological polar surface area (TPSA) is 60.1 Å². The van der Waals surface area contributed by atoms with E-state index in [4.69, 9.17) is 9.40 Å². The first-order valence-electron chi connectivity index (χ1n) is 8.96. The maximum Gasteiger partial charge on any atom is 0.253 e. The van der Waals surface area contributed by atoms with Crippen LogP contribution in [0.1, 0.15) is 44.1 Å². The molecule has 1 saturated carbocycles. The number of nitrogens with one attached hydrogen (secondary N) is 1. The highest BCUT2D eigenvalue weighted by atomic mass is 32.2. The largest absolute Gasteiger partial charge is 0.440 e. The molecule has 1 aromatic carbocycles. The quantitative estimate of drug-likeness (QED) is 0.652. The minimum absolute atomic E-state index is 0.0193. The maximum atomic E-state index is 12.1. The van der Waals surface area contributed by atoms with Gasteiger partial charge >= 0.3 is 0 Å². The van der Waals surface area contributed by atoms with E-state index < -0.39 is 0 Å². The van der Waals surface area contributed by atoms with E-state index >= 15 is 0 Å². The zero-order valence-corrected chi connectivity index (χ0v) is 16.3. The lowest BCUT2D eigenvalue weighted by atomic mass is 10.0. The summed E-state index contributed by atoms with van der Waals surface area (Å²) in [6.07, 6.45) is 4.16. The number of aryl methyl sites for hydroxylation is 2. The first-order chi connectivity index (χ1) is 12.4. The van der Waals surface area contributed by atoms with Crippen molar-refractivity contribution < 1.29 is 4.42 Å². The average Bonchev–Trinajstić information content (AvgIpc) is 3.36. The molecule has 2 heterocycles. The highest BCUT2D eigenvalue weighted by molar-refractivity contribution is 8.01. The van der Waals surface area contributed by atoms with Crippen LogP contribution in [-0.2, 0) is 7.05 Å². The lowest BCUT2D eigenvalue weighted by Gasteiger charge is -2.11. The Balaban J connectivity index is 1.88. The SMILES string of the molecule is Cc1cc(-c2cc(NSC(C)C)cc3nc(C4CC4)oc23)cn(C)c1=O. The van der Waals surface area contributed by atoms with Crippen molar-refractivity contribution in [3.63, 3.8) is 0 Å². The Hall–Kier alpha value is -2.21. The minimum Gasteiger partial charge on any atom is -0.440 e. The van der Waals surface area contributed by atoms with Crippen LogP contribution in [0.25, 0.3) is 22.2 Å². The first kappa shape index (κ1) is 17.2. The van der Waals surface area contributed by atoms with Gasteiger partial charge in [-0.1, -0.05) is 13.8 Å². The Kier molecular flexibility index (Phi) is 4.31. The van der Waals surface area contributed by atoms with Crippen LogP contribution in [0.4, 0.5) is 5.69 Å². The Morgan fingerprint density at radius 3 is 2.73 bits per heavy atom. The van der Waals surface area contributed by atoms with Crippen molar-refractivity contribution in [2.75, 3.05) is 4.72 Å². The Labute approximate surface area is 156 Å². The number of hydrogen-bond acceptors (Lipinski definition) is 5. The molecule has 1 fully saturated rings. The summed E-state index contributed by atoms with van der Waals surface area (Å²) < 4.78 is 11.2. The van der Waals surface area contributed by atoms with Crippen molar-refractivity contribution in [2.45, 2.75) is 44.8 Å². The first-order valence-corrected chi connectivity index (χ1v) is 9.84. The number of pyridine rings is 1. The molecule has 0 bridgehead atoms. The molecule has 1 aliphatic rings. The molecular weight excluding hydrogens is 346 g/mol. The van der Waals surface area contributed by atoms with Crippen molar-refractivity contribution in [1.82, 2.24) is 9.55 Å². The van der Waals surface area contributed by atoms with Gasteiger partial charge in [0.2, 0.25) is 0 Å². The van der Waals surface area contributed by atoms with E-state index in [0.717, 1.165) is 52.2 Å². The molecule has 0 atom stereocenters. The molecule has 0 amide bonds. The Bertz CT molecular complexity index is 1010. The van der Waals surface area contributed by atoms with Gasteiger partial charge in [-0.3, -0.25) is 4.79 Å². The molecule has 26 heavy (non-hydrogen) atoms. The second-order valence-electron chi connectivity index (χ2n) is 7.29. The molecule has 0 unspecified atom stereocenters. The summed E-state index contributed by atoms with van der Waals surface area (Å²) in [5.74, 6) is 1.29. The molecule has 136 valence electrons.